The number of aromatic amines is 1. The van der Waals surface area contributed by atoms with Crippen molar-refractivity contribution in [3.63, 3.8) is 0 Å². The molecule has 1 atom stereocenters. The number of fused-ring (bicyclic) bond motifs is 1. The van der Waals surface area contributed by atoms with E-state index >= 15 is 0 Å². The molecule has 172 valence electrons. The second-order valence-electron chi connectivity index (χ2n) is 8.78. The molecule has 0 bridgehead atoms. The quantitative estimate of drug-likeness (QED) is 0.442. The van der Waals surface area contributed by atoms with Crippen LogP contribution in [-0.2, 0) is 30.9 Å². The highest BCUT2D eigenvalue weighted by atomic mass is 16.5. The molecule has 3 aromatic heterocycles. The third kappa shape index (κ3) is 4.89. The molecule has 5 rings (SSSR count). The van der Waals surface area contributed by atoms with Crippen LogP contribution in [0.25, 0.3) is 10.9 Å². The Labute approximate surface area is 191 Å². The van der Waals surface area contributed by atoms with E-state index in [-0.39, 0.29) is 11.7 Å². The number of H-pyrrole nitrogens is 1. The summed E-state index contributed by atoms with van der Waals surface area (Å²) in [6.07, 6.45) is 3.88. The van der Waals surface area contributed by atoms with Crippen molar-refractivity contribution in [3.05, 3.63) is 75.2 Å². The van der Waals surface area contributed by atoms with Crippen molar-refractivity contribution in [2.45, 2.75) is 59.0 Å². The number of aryl methyl sites for hydroxylation is 2. The highest BCUT2D eigenvalue weighted by Crippen LogP contribution is 2.19. The SMILES string of the molecule is Cc1cc2cc(CN(Cc3ccco3)Cc3nnnn3C[C@@H]3CCCO3)c(=O)[nH]c2cc1C. The smallest absolute Gasteiger partial charge is 0.252 e. The predicted molar refractivity (Wildman–Crippen MR) is 122 cm³/mol. The molecule has 1 aliphatic heterocycles. The number of aromatic nitrogens is 5. The number of nitrogens with zero attached hydrogens (tertiary/aromatic N) is 5. The molecule has 0 spiro atoms. The number of hydrogen-bond donors (Lipinski definition) is 1. The summed E-state index contributed by atoms with van der Waals surface area (Å²) in [7, 11) is 0. The van der Waals surface area contributed by atoms with Gasteiger partial charge in [0, 0.05) is 24.2 Å². The molecular weight excluding hydrogens is 420 g/mol. The largest absolute Gasteiger partial charge is 0.468 e. The third-order valence-electron chi connectivity index (χ3n) is 6.26. The van der Waals surface area contributed by atoms with Crippen LogP contribution in [0.5, 0.6) is 0 Å². The van der Waals surface area contributed by atoms with Crippen LogP contribution in [0.3, 0.4) is 0 Å². The Bertz CT molecular complexity index is 1290. The lowest BCUT2D eigenvalue weighted by molar-refractivity contribution is 0.0913. The summed E-state index contributed by atoms with van der Waals surface area (Å²) >= 11 is 0. The summed E-state index contributed by atoms with van der Waals surface area (Å²) in [4.78, 5) is 18.1. The van der Waals surface area contributed by atoms with Crippen molar-refractivity contribution >= 4 is 10.9 Å². The van der Waals surface area contributed by atoms with Gasteiger partial charge in [-0.05, 0) is 84.0 Å². The lowest BCUT2D eigenvalue weighted by Gasteiger charge is -2.21. The summed E-state index contributed by atoms with van der Waals surface area (Å²) in [6, 6.07) is 9.91. The maximum atomic E-state index is 12.9. The number of rotatable bonds is 8. The van der Waals surface area contributed by atoms with E-state index in [2.05, 4.69) is 38.4 Å². The number of tetrazole rings is 1. The summed E-state index contributed by atoms with van der Waals surface area (Å²) in [5.74, 6) is 1.55. The van der Waals surface area contributed by atoms with Crippen molar-refractivity contribution < 1.29 is 9.15 Å². The Morgan fingerprint density at radius 2 is 2.06 bits per heavy atom. The fourth-order valence-corrected chi connectivity index (χ4v) is 4.33. The summed E-state index contributed by atoms with van der Waals surface area (Å²) in [5.41, 5.74) is 3.80. The van der Waals surface area contributed by atoms with E-state index in [1.807, 2.05) is 35.9 Å². The lowest BCUT2D eigenvalue weighted by Crippen LogP contribution is -2.28. The highest BCUT2D eigenvalue weighted by molar-refractivity contribution is 5.80. The van der Waals surface area contributed by atoms with Crippen molar-refractivity contribution in [1.29, 1.82) is 0 Å². The Morgan fingerprint density at radius 3 is 2.85 bits per heavy atom. The Morgan fingerprint density at radius 1 is 1.18 bits per heavy atom. The third-order valence-corrected chi connectivity index (χ3v) is 6.26. The van der Waals surface area contributed by atoms with Crippen LogP contribution in [0.4, 0.5) is 0 Å². The summed E-state index contributed by atoms with van der Waals surface area (Å²) in [6.45, 7) is 6.99. The molecule has 1 saturated heterocycles. The van der Waals surface area contributed by atoms with E-state index in [1.165, 1.54) is 5.56 Å². The van der Waals surface area contributed by atoms with Gasteiger partial charge in [-0.3, -0.25) is 9.69 Å². The van der Waals surface area contributed by atoms with Crippen LogP contribution < -0.4 is 5.56 Å². The van der Waals surface area contributed by atoms with Gasteiger partial charge in [0.05, 0.1) is 32.0 Å². The number of nitrogens with one attached hydrogen (secondary N) is 1. The van der Waals surface area contributed by atoms with Gasteiger partial charge in [0.15, 0.2) is 5.82 Å². The minimum atomic E-state index is -0.0888. The van der Waals surface area contributed by atoms with Crippen molar-refractivity contribution in [2.24, 2.45) is 0 Å². The van der Waals surface area contributed by atoms with Crippen LogP contribution in [-0.4, -0.2) is 42.8 Å². The van der Waals surface area contributed by atoms with E-state index < -0.39 is 0 Å². The molecule has 1 aromatic carbocycles. The van der Waals surface area contributed by atoms with Gasteiger partial charge in [-0.1, -0.05) is 0 Å². The molecule has 0 unspecified atom stereocenters. The van der Waals surface area contributed by atoms with E-state index in [9.17, 15) is 4.79 Å². The molecule has 0 saturated carbocycles. The fraction of sp³-hybridized carbons (Fsp3) is 0.417. The number of benzene rings is 1. The van der Waals surface area contributed by atoms with Crippen LogP contribution >= 0.6 is 0 Å². The van der Waals surface area contributed by atoms with Crippen LogP contribution in [0.15, 0.2) is 45.8 Å². The average Bonchev–Trinajstić information content (AvgIpc) is 3.55. The minimum absolute atomic E-state index is 0.0888. The topological polar surface area (TPSA) is 102 Å². The maximum absolute atomic E-state index is 12.9. The standard InChI is InChI=1S/C24H28N6O3/c1-16-9-18-11-19(24(31)25-22(18)10-17(16)2)12-29(13-20-5-3-7-32-20)15-23-26-27-28-30(23)14-21-6-4-8-33-21/h3,5,7,9-11,21H,4,6,8,12-15H2,1-2H3,(H,25,31)/t21-/m0/s1. The second kappa shape index (κ2) is 9.29. The highest BCUT2D eigenvalue weighted by Gasteiger charge is 2.21. The minimum Gasteiger partial charge on any atom is -0.468 e. The maximum Gasteiger partial charge on any atom is 0.252 e. The molecule has 0 radical (unpaired) electrons. The van der Waals surface area contributed by atoms with Gasteiger partial charge in [-0.2, -0.15) is 0 Å². The Hall–Kier alpha value is -3.30. The molecule has 0 aliphatic carbocycles. The first-order valence-electron chi connectivity index (χ1n) is 11.3. The molecule has 9 heteroatoms. The van der Waals surface area contributed by atoms with Gasteiger partial charge in [-0.25, -0.2) is 4.68 Å². The first-order chi connectivity index (χ1) is 16.0. The zero-order valence-corrected chi connectivity index (χ0v) is 19.0. The first-order valence-corrected chi connectivity index (χ1v) is 11.3. The second-order valence-corrected chi connectivity index (χ2v) is 8.78. The van der Waals surface area contributed by atoms with E-state index in [1.54, 1.807) is 6.26 Å². The van der Waals surface area contributed by atoms with Crippen molar-refractivity contribution in [1.82, 2.24) is 30.1 Å². The number of ether oxygens (including phenoxy) is 1. The van der Waals surface area contributed by atoms with E-state index in [4.69, 9.17) is 9.15 Å². The zero-order valence-electron chi connectivity index (χ0n) is 19.0. The van der Waals surface area contributed by atoms with Gasteiger partial charge in [0.2, 0.25) is 0 Å². The van der Waals surface area contributed by atoms with Crippen LogP contribution in [0.2, 0.25) is 0 Å². The van der Waals surface area contributed by atoms with Crippen LogP contribution in [0, 0.1) is 13.8 Å². The number of furan rings is 1. The van der Waals surface area contributed by atoms with E-state index in [0.717, 1.165) is 47.5 Å². The van der Waals surface area contributed by atoms with Gasteiger partial charge in [0.1, 0.15) is 5.76 Å². The van der Waals surface area contributed by atoms with Gasteiger partial charge in [0.25, 0.3) is 5.56 Å². The first kappa shape index (κ1) is 21.5. The van der Waals surface area contributed by atoms with Gasteiger partial charge < -0.3 is 14.1 Å². The van der Waals surface area contributed by atoms with Crippen molar-refractivity contribution in [3.8, 4) is 0 Å². The Balaban J connectivity index is 1.42. The molecular formula is C24H28N6O3. The molecule has 4 heterocycles. The van der Waals surface area contributed by atoms with Gasteiger partial charge in [-0.15, -0.1) is 5.10 Å². The Kier molecular flexibility index (Phi) is 6.06. The average molecular weight is 449 g/mol. The molecule has 0 amide bonds. The van der Waals surface area contributed by atoms with E-state index in [0.29, 0.717) is 31.7 Å². The molecule has 33 heavy (non-hydrogen) atoms. The number of hydrogen-bond acceptors (Lipinski definition) is 7. The summed E-state index contributed by atoms with van der Waals surface area (Å²) in [5, 5.41) is 13.3. The number of pyridine rings is 1. The molecule has 4 aromatic rings. The molecule has 1 fully saturated rings. The fourth-order valence-electron chi connectivity index (χ4n) is 4.33. The molecule has 1 aliphatic rings. The van der Waals surface area contributed by atoms with Crippen LogP contribution in [0.1, 0.15) is 41.1 Å². The molecule has 1 N–H and O–H groups in total. The zero-order chi connectivity index (χ0) is 22.8. The lowest BCUT2D eigenvalue weighted by atomic mass is 10.0. The molecule has 9 nitrogen and oxygen atoms in total. The van der Waals surface area contributed by atoms with Gasteiger partial charge >= 0.3 is 0 Å². The predicted octanol–water partition coefficient (Wildman–Crippen LogP) is 3.11. The normalized spacial score (nSPS) is 16.3. The monoisotopic (exact) mass is 448 g/mol. The summed E-state index contributed by atoms with van der Waals surface area (Å²) < 4.78 is 13.1. The van der Waals surface area contributed by atoms with Crippen molar-refractivity contribution in [2.75, 3.05) is 6.61 Å².